The summed E-state index contributed by atoms with van der Waals surface area (Å²) in [5.74, 6) is -1.00. The maximum atomic E-state index is 12.9. The van der Waals surface area contributed by atoms with Gasteiger partial charge in [-0.05, 0) is 49.1 Å². The maximum absolute atomic E-state index is 12.9. The molecule has 1 aliphatic carbocycles. The van der Waals surface area contributed by atoms with Gasteiger partial charge in [-0.1, -0.05) is 25.3 Å². The highest BCUT2D eigenvalue weighted by Gasteiger charge is 2.44. The Morgan fingerprint density at radius 1 is 1.16 bits per heavy atom. The van der Waals surface area contributed by atoms with Crippen molar-refractivity contribution in [3.05, 3.63) is 52.9 Å². The summed E-state index contributed by atoms with van der Waals surface area (Å²) in [5, 5.41) is 13.3. The van der Waals surface area contributed by atoms with E-state index >= 15 is 0 Å². The van der Waals surface area contributed by atoms with E-state index in [0.717, 1.165) is 47.5 Å². The lowest BCUT2D eigenvalue weighted by molar-refractivity contribution is -0.145. The predicted octanol–water partition coefficient (Wildman–Crippen LogP) is 5.96. The fourth-order valence-corrected chi connectivity index (χ4v) is 5.15. The number of aryl methyl sites for hydroxylation is 1. The van der Waals surface area contributed by atoms with E-state index in [4.69, 9.17) is 0 Å². The van der Waals surface area contributed by atoms with Gasteiger partial charge in [0.05, 0.1) is 4.88 Å². The smallest absolute Gasteiger partial charge is 0.433 e. The topological polar surface area (TPSA) is 88.0 Å². The fourth-order valence-electron chi connectivity index (χ4n) is 4.01. The highest BCUT2D eigenvalue weighted by atomic mass is 32.1. The number of benzene rings is 1. The lowest BCUT2D eigenvalue weighted by Gasteiger charge is -2.31. The Balaban J connectivity index is 1.64. The minimum absolute atomic E-state index is 0.159. The SMILES string of the molecule is Cc1cc(Nc2nccc(C(F)(F)F)n2)cc(-c2cnc(C3(C(=O)O)CCCCC3)s2)c1. The van der Waals surface area contributed by atoms with Crippen LogP contribution in [0.15, 0.2) is 36.7 Å². The molecular weight excluding hydrogens is 441 g/mol. The van der Waals surface area contributed by atoms with Crippen molar-refractivity contribution >= 4 is 28.9 Å². The number of nitrogens with zero attached hydrogens (tertiary/aromatic N) is 3. The Labute approximate surface area is 186 Å². The molecule has 0 bridgehead atoms. The Morgan fingerprint density at radius 2 is 1.91 bits per heavy atom. The maximum Gasteiger partial charge on any atom is 0.433 e. The Hall–Kier alpha value is -3.01. The van der Waals surface area contributed by atoms with E-state index in [2.05, 4.69) is 20.3 Å². The minimum atomic E-state index is -4.56. The number of carbonyl (C=O) groups is 1. The molecular formula is C22H21F3N4O2S. The summed E-state index contributed by atoms with van der Waals surface area (Å²) in [5.41, 5.74) is 0.219. The van der Waals surface area contributed by atoms with E-state index in [1.807, 2.05) is 13.0 Å². The van der Waals surface area contributed by atoms with Gasteiger partial charge >= 0.3 is 12.1 Å². The first-order chi connectivity index (χ1) is 15.2. The van der Waals surface area contributed by atoms with Crippen molar-refractivity contribution in [2.24, 2.45) is 0 Å². The molecule has 2 N–H and O–H groups in total. The third-order valence-corrected chi connectivity index (χ3v) is 6.85. The normalized spacial score (nSPS) is 16.0. The second-order valence-electron chi connectivity index (χ2n) is 7.95. The predicted molar refractivity (Wildman–Crippen MR) is 115 cm³/mol. The fraction of sp³-hybridized carbons (Fsp3) is 0.364. The molecule has 0 saturated heterocycles. The third kappa shape index (κ3) is 4.45. The van der Waals surface area contributed by atoms with Gasteiger partial charge in [-0.15, -0.1) is 11.3 Å². The number of hydrogen-bond acceptors (Lipinski definition) is 6. The standard InChI is InChI=1S/C22H21F3N4O2S/c1-13-9-14(11-15(10-13)28-20-26-8-5-17(29-20)22(23,24)25)16-12-27-18(32-16)21(19(30)31)6-3-2-4-7-21/h5,8-12H,2-4,6-7H2,1H3,(H,30,31)(H,26,28,29). The zero-order valence-corrected chi connectivity index (χ0v) is 18.1. The number of carboxylic acid groups (broad SMARTS) is 1. The van der Waals surface area contributed by atoms with Crippen LogP contribution < -0.4 is 5.32 Å². The Bertz CT molecular complexity index is 1140. The van der Waals surface area contributed by atoms with E-state index in [-0.39, 0.29) is 5.95 Å². The number of alkyl halides is 3. The number of anilines is 2. The van der Waals surface area contributed by atoms with Gasteiger partial charge in [-0.3, -0.25) is 4.79 Å². The molecule has 1 saturated carbocycles. The van der Waals surface area contributed by atoms with E-state index in [0.29, 0.717) is 23.5 Å². The van der Waals surface area contributed by atoms with Crippen molar-refractivity contribution in [1.29, 1.82) is 0 Å². The molecule has 0 unspecified atom stereocenters. The second kappa shape index (κ2) is 8.50. The van der Waals surface area contributed by atoms with Crippen molar-refractivity contribution in [2.45, 2.75) is 50.6 Å². The van der Waals surface area contributed by atoms with Crippen LogP contribution in [0.4, 0.5) is 24.8 Å². The molecule has 10 heteroatoms. The van der Waals surface area contributed by atoms with Gasteiger partial charge in [0.2, 0.25) is 5.95 Å². The van der Waals surface area contributed by atoms with Crippen LogP contribution in [0.5, 0.6) is 0 Å². The van der Waals surface area contributed by atoms with Crippen LogP contribution in [-0.4, -0.2) is 26.0 Å². The van der Waals surface area contributed by atoms with E-state index in [1.165, 1.54) is 11.3 Å². The summed E-state index contributed by atoms with van der Waals surface area (Å²) >= 11 is 1.35. The molecule has 4 rings (SSSR count). The van der Waals surface area contributed by atoms with Crippen LogP contribution in [0.1, 0.15) is 48.4 Å². The highest BCUT2D eigenvalue weighted by molar-refractivity contribution is 7.15. The zero-order valence-electron chi connectivity index (χ0n) is 17.2. The van der Waals surface area contributed by atoms with Crippen molar-refractivity contribution in [3.8, 4) is 10.4 Å². The van der Waals surface area contributed by atoms with Gasteiger partial charge < -0.3 is 10.4 Å². The molecule has 0 amide bonds. The van der Waals surface area contributed by atoms with E-state index in [1.54, 1.807) is 18.3 Å². The van der Waals surface area contributed by atoms with Gasteiger partial charge in [0.25, 0.3) is 0 Å². The largest absolute Gasteiger partial charge is 0.481 e. The summed E-state index contributed by atoms with van der Waals surface area (Å²) < 4.78 is 38.8. The van der Waals surface area contributed by atoms with Gasteiger partial charge in [0, 0.05) is 18.1 Å². The van der Waals surface area contributed by atoms with Crippen LogP contribution in [0.3, 0.4) is 0 Å². The van der Waals surface area contributed by atoms with Crippen LogP contribution in [0, 0.1) is 6.92 Å². The number of rotatable bonds is 5. The molecule has 2 heterocycles. The van der Waals surface area contributed by atoms with Crippen molar-refractivity contribution < 1.29 is 23.1 Å². The average molecular weight is 462 g/mol. The molecule has 2 aromatic heterocycles. The molecule has 168 valence electrons. The molecule has 1 aromatic carbocycles. The third-order valence-electron chi connectivity index (χ3n) is 5.60. The molecule has 0 aliphatic heterocycles. The van der Waals surface area contributed by atoms with Crippen LogP contribution in [-0.2, 0) is 16.4 Å². The number of carboxylic acids is 1. The molecule has 32 heavy (non-hydrogen) atoms. The highest BCUT2D eigenvalue weighted by Crippen LogP contribution is 2.43. The lowest BCUT2D eigenvalue weighted by atomic mass is 9.74. The minimum Gasteiger partial charge on any atom is -0.481 e. The summed E-state index contributed by atoms with van der Waals surface area (Å²) in [6.45, 7) is 1.86. The second-order valence-corrected chi connectivity index (χ2v) is 8.98. The number of aliphatic carboxylic acids is 1. The molecule has 0 radical (unpaired) electrons. The first-order valence-electron chi connectivity index (χ1n) is 10.2. The zero-order chi connectivity index (χ0) is 22.9. The van der Waals surface area contributed by atoms with Gasteiger partial charge in [0.1, 0.15) is 16.1 Å². The van der Waals surface area contributed by atoms with Crippen LogP contribution in [0.25, 0.3) is 10.4 Å². The number of hydrogen-bond donors (Lipinski definition) is 2. The molecule has 6 nitrogen and oxygen atoms in total. The lowest BCUT2D eigenvalue weighted by Crippen LogP contribution is -2.37. The van der Waals surface area contributed by atoms with Gasteiger partial charge in [0.15, 0.2) is 0 Å². The molecule has 1 fully saturated rings. The van der Waals surface area contributed by atoms with Gasteiger partial charge in [-0.2, -0.15) is 13.2 Å². The van der Waals surface area contributed by atoms with E-state index < -0.39 is 23.3 Å². The van der Waals surface area contributed by atoms with Crippen LogP contribution >= 0.6 is 11.3 Å². The summed E-state index contributed by atoms with van der Waals surface area (Å²) in [6, 6.07) is 6.27. The number of halogens is 3. The monoisotopic (exact) mass is 462 g/mol. The van der Waals surface area contributed by atoms with E-state index in [9.17, 15) is 23.1 Å². The molecule has 3 aromatic rings. The number of thiazole rings is 1. The first-order valence-corrected chi connectivity index (χ1v) is 11.0. The van der Waals surface area contributed by atoms with Gasteiger partial charge in [-0.25, -0.2) is 15.0 Å². The Kier molecular flexibility index (Phi) is 5.89. The first kappa shape index (κ1) is 22.2. The quantitative estimate of drug-likeness (QED) is 0.487. The molecule has 0 atom stereocenters. The number of aromatic nitrogens is 3. The summed E-state index contributed by atoms with van der Waals surface area (Å²) in [7, 11) is 0. The van der Waals surface area contributed by atoms with Crippen molar-refractivity contribution in [2.75, 3.05) is 5.32 Å². The number of nitrogens with one attached hydrogen (secondary N) is 1. The summed E-state index contributed by atoms with van der Waals surface area (Å²) in [6.07, 6.45) is 2.05. The average Bonchev–Trinajstić information content (AvgIpc) is 3.24. The van der Waals surface area contributed by atoms with Crippen molar-refractivity contribution in [3.63, 3.8) is 0 Å². The Morgan fingerprint density at radius 3 is 2.59 bits per heavy atom. The van der Waals surface area contributed by atoms with Crippen LogP contribution in [0.2, 0.25) is 0 Å². The van der Waals surface area contributed by atoms with Crippen molar-refractivity contribution in [1.82, 2.24) is 15.0 Å². The molecule has 1 aliphatic rings. The summed E-state index contributed by atoms with van der Waals surface area (Å²) in [4.78, 5) is 24.8. The molecule has 0 spiro atoms.